The van der Waals surface area contributed by atoms with Crippen molar-refractivity contribution in [2.24, 2.45) is 5.73 Å². The van der Waals surface area contributed by atoms with Crippen LogP contribution in [0, 0.1) is 0 Å². The molecule has 0 heterocycles. The molecule has 0 aliphatic rings. The molecule has 0 saturated heterocycles. The van der Waals surface area contributed by atoms with Gasteiger partial charge in [0.2, 0.25) is 0 Å². The van der Waals surface area contributed by atoms with Crippen molar-refractivity contribution in [3.05, 3.63) is 71.8 Å². The maximum Gasteiger partial charge on any atom is -0.000835 e. The molecule has 120 valence electrons. The number of benzene rings is 2. The summed E-state index contributed by atoms with van der Waals surface area (Å²) in [5.74, 6) is 0. The molecule has 0 radical (unpaired) electrons. The highest BCUT2D eigenvalue weighted by atomic mass is 14.8. The van der Waals surface area contributed by atoms with Crippen molar-refractivity contribution in [1.29, 1.82) is 0 Å². The van der Waals surface area contributed by atoms with Gasteiger partial charge in [-0.05, 0) is 50.0 Å². The number of nitrogens with one attached hydrogen (secondary N) is 1. The highest BCUT2D eigenvalue weighted by Crippen LogP contribution is 1.98. The van der Waals surface area contributed by atoms with Crippen molar-refractivity contribution in [2.45, 2.75) is 32.6 Å². The first kappa shape index (κ1) is 18.4. The molecule has 0 atom stereocenters. The second kappa shape index (κ2) is 13.1. The maximum absolute atomic E-state index is 5.36. The molecular formula is C20H30N2. The van der Waals surface area contributed by atoms with Gasteiger partial charge in [0.25, 0.3) is 0 Å². The topological polar surface area (TPSA) is 38.0 Å². The lowest BCUT2D eigenvalue weighted by Crippen LogP contribution is -2.18. The summed E-state index contributed by atoms with van der Waals surface area (Å²) in [5, 5.41) is 3.43. The van der Waals surface area contributed by atoms with Gasteiger partial charge in [-0.15, -0.1) is 0 Å². The molecule has 0 fully saturated rings. The molecule has 2 nitrogen and oxygen atoms in total. The standard InChI is InChI=1S/C12H19N.C8H11N/c1-2-3-10-13-11-9-12-7-5-4-6-8-12;9-7-6-8-4-2-1-3-5-8/h4-8,13H,2-3,9-11H2,1H3;1-5H,6-7,9H2. The lowest BCUT2D eigenvalue weighted by atomic mass is 10.1. The van der Waals surface area contributed by atoms with E-state index in [4.69, 9.17) is 5.73 Å². The number of rotatable bonds is 8. The Balaban J connectivity index is 0.000000235. The highest BCUT2D eigenvalue weighted by Gasteiger charge is 1.90. The lowest BCUT2D eigenvalue weighted by Gasteiger charge is -2.03. The maximum atomic E-state index is 5.36. The van der Waals surface area contributed by atoms with Crippen LogP contribution in [0.4, 0.5) is 0 Å². The fourth-order valence-corrected chi connectivity index (χ4v) is 2.12. The minimum absolute atomic E-state index is 0.740. The van der Waals surface area contributed by atoms with Crippen LogP contribution in [0.3, 0.4) is 0 Å². The van der Waals surface area contributed by atoms with Crippen LogP contribution in [0.1, 0.15) is 30.9 Å². The Labute approximate surface area is 135 Å². The van der Waals surface area contributed by atoms with Gasteiger partial charge in [0.1, 0.15) is 0 Å². The second-order valence-electron chi connectivity index (χ2n) is 5.36. The largest absolute Gasteiger partial charge is 0.330 e. The van der Waals surface area contributed by atoms with E-state index in [9.17, 15) is 0 Å². The van der Waals surface area contributed by atoms with Gasteiger partial charge in [-0.3, -0.25) is 0 Å². The van der Waals surface area contributed by atoms with E-state index in [1.165, 1.54) is 24.0 Å². The van der Waals surface area contributed by atoms with Crippen molar-refractivity contribution < 1.29 is 0 Å². The Morgan fingerprint density at radius 2 is 1.32 bits per heavy atom. The van der Waals surface area contributed by atoms with Gasteiger partial charge in [0.15, 0.2) is 0 Å². The molecule has 2 aromatic rings. The summed E-state index contributed by atoms with van der Waals surface area (Å²) in [6.07, 6.45) is 4.69. The predicted molar refractivity (Wildman–Crippen MR) is 97.1 cm³/mol. The number of hydrogen-bond donors (Lipinski definition) is 2. The smallest absolute Gasteiger partial charge is 0.000835 e. The van der Waals surface area contributed by atoms with Crippen LogP contribution in [0.5, 0.6) is 0 Å². The fraction of sp³-hybridized carbons (Fsp3) is 0.400. The first-order chi connectivity index (χ1) is 10.9. The first-order valence-electron chi connectivity index (χ1n) is 8.35. The molecule has 22 heavy (non-hydrogen) atoms. The SMILES string of the molecule is CCCCNCCc1ccccc1.NCCc1ccccc1. The summed E-state index contributed by atoms with van der Waals surface area (Å²) >= 11 is 0. The Hall–Kier alpha value is -1.64. The zero-order chi connectivity index (χ0) is 15.9. The normalized spacial score (nSPS) is 9.91. The van der Waals surface area contributed by atoms with E-state index in [-0.39, 0.29) is 0 Å². The fourth-order valence-electron chi connectivity index (χ4n) is 2.12. The molecule has 0 unspecified atom stereocenters. The molecule has 3 N–H and O–H groups in total. The second-order valence-corrected chi connectivity index (χ2v) is 5.36. The zero-order valence-electron chi connectivity index (χ0n) is 13.8. The van der Waals surface area contributed by atoms with Crippen LogP contribution in [0.15, 0.2) is 60.7 Å². The third-order valence-electron chi connectivity index (χ3n) is 3.42. The van der Waals surface area contributed by atoms with E-state index in [0.29, 0.717) is 0 Å². The Morgan fingerprint density at radius 1 is 0.773 bits per heavy atom. The Kier molecular flexibility index (Phi) is 10.9. The van der Waals surface area contributed by atoms with Gasteiger partial charge in [-0.1, -0.05) is 74.0 Å². The van der Waals surface area contributed by atoms with Gasteiger partial charge >= 0.3 is 0 Å². The van der Waals surface area contributed by atoms with Crippen molar-refractivity contribution in [1.82, 2.24) is 5.32 Å². The van der Waals surface area contributed by atoms with Crippen LogP contribution < -0.4 is 11.1 Å². The van der Waals surface area contributed by atoms with Gasteiger partial charge < -0.3 is 11.1 Å². The average Bonchev–Trinajstić information content (AvgIpc) is 2.58. The minimum Gasteiger partial charge on any atom is -0.330 e. The molecule has 2 rings (SSSR count). The molecule has 0 aliphatic carbocycles. The van der Waals surface area contributed by atoms with Crippen LogP contribution in [0.25, 0.3) is 0 Å². The molecule has 0 aliphatic heterocycles. The molecule has 2 aromatic carbocycles. The molecular weight excluding hydrogens is 268 g/mol. The third-order valence-corrected chi connectivity index (χ3v) is 3.42. The van der Waals surface area contributed by atoms with Crippen molar-refractivity contribution in [3.63, 3.8) is 0 Å². The monoisotopic (exact) mass is 298 g/mol. The van der Waals surface area contributed by atoms with Crippen molar-refractivity contribution >= 4 is 0 Å². The highest BCUT2D eigenvalue weighted by molar-refractivity contribution is 5.15. The van der Waals surface area contributed by atoms with E-state index in [2.05, 4.69) is 54.7 Å². The quantitative estimate of drug-likeness (QED) is 0.727. The number of unbranched alkanes of at least 4 members (excludes halogenated alkanes) is 1. The van der Waals surface area contributed by atoms with Crippen molar-refractivity contribution in [3.8, 4) is 0 Å². The van der Waals surface area contributed by atoms with Crippen LogP contribution in [-0.2, 0) is 12.8 Å². The summed E-state index contributed by atoms with van der Waals surface area (Å²) in [6, 6.07) is 20.9. The van der Waals surface area contributed by atoms with E-state index in [1.54, 1.807) is 0 Å². The summed E-state index contributed by atoms with van der Waals surface area (Å²) in [5.41, 5.74) is 8.10. The van der Waals surface area contributed by atoms with Gasteiger partial charge in [0.05, 0.1) is 0 Å². The molecule has 0 saturated carbocycles. The van der Waals surface area contributed by atoms with Gasteiger partial charge in [0, 0.05) is 0 Å². The van der Waals surface area contributed by atoms with E-state index in [0.717, 1.165) is 32.5 Å². The summed E-state index contributed by atoms with van der Waals surface area (Å²) in [6.45, 7) is 5.22. The average molecular weight is 298 g/mol. The molecule has 0 amide bonds. The molecule has 0 aromatic heterocycles. The van der Waals surface area contributed by atoms with E-state index < -0.39 is 0 Å². The summed E-state index contributed by atoms with van der Waals surface area (Å²) in [4.78, 5) is 0. The van der Waals surface area contributed by atoms with E-state index >= 15 is 0 Å². The van der Waals surface area contributed by atoms with Gasteiger partial charge in [-0.2, -0.15) is 0 Å². The van der Waals surface area contributed by atoms with Gasteiger partial charge in [-0.25, -0.2) is 0 Å². The first-order valence-corrected chi connectivity index (χ1v) is 8.35. The predicted octanol–water partition coefficient (Wildman–Crippen LogP) is 3.81. The third kappa shape index (κ3) is 9.32. The minimum atomic E-state index is 0.740. The Bertz CT molecular complexity index is 454. The Morgan fingerprint density at radius 3 is 1.82 bits per heavy atom. The molecule has 0 bridgehead atoms. The van der Waals surface area contributed by atoms with E-state index in [1.807, 2.05) is 18.2 Å². The number of hydrogen-bond acceptors (Lipinski definition) is 2. The van der Waals surface area contributed by atoms with Crippen LogP contribution in [-0.4, -0.2) is 19.6 Å². The zero-order valence-corrected chi connectivity index (χ0v) is 13.8. The molecule has 0 spiro atoms. The molecule has 2 heteroatoms. The summed E-state index contributed by atoms with van der Waals surface area (Å²) < 4.78 is 0. The number of nitrogens with two attached hydrogens (primary N) is 1. The van der Waals surface area contributed by atoms with Crippen LogP contribution in [0.2, 0.25) is 0 Å². The summed E-state index contributed by atoms with van der Waals surface area (Å²) in [7, 11) is 0. The lowest BCUT2D eigenvalue weighted by molar-refractivity contribution is 0.640. The van der Waals surface area contributed by atoms with Crippen LogP contribution >= 0.6 is 0 Å². The van der Waals surface area contributed by atoms with Crippen molar-refractivity contribution in [2.75, 3.05) is 19.6 Å².